The van der Waals surface area contributed by atoms with Crippen molar-refractivity contribution in [2.45, 2.75) is 38.1 Å². The molecule has 9 heteroatoms. The van der Waals surface area contributed by atoms with E-state index in [2.05, 4.69) is 10.6 Å². The van der Waals surface area contributed by atoms with E-state index in [1.807, 2.05) is 0 Å². The van der Waals surface area contributed by atoms with Gasteiger partial charge in [-0.15, -0.1) is 0 Å². The van der Waals surface area contributed by atoms with E-state index in [0.29, 0.717) is 11.3 Å². The van der Waals surface area contributed by atoms with E-state index in [1.165, 1.54) is 37.8 Å². The molecule has 1 heterocycles. The fourth-order valence-corrected chi connectivity index (χ4v) is 4.35. The molecule has 2 N–H and O–H groups in total. The van der Waals surface area contributed by atoms with Gasteiger partial charge in [-0.25, -0.2) is 9.69 Å². The molecule has 0 bridgehead atoms. The lowest BCUT2D eigenvalue weighted by atomic mass is 9.95. The minimum atomic E-state index is -0.720. The zero-order valence-corrected chi connectivity index (χ0v) is 19.4. The Bertz CT molecular complexity index is 1190. The summed E-state index contributed by atoms with van der Waals surface area (Å²) >= 11 is 6.21. The smallest absolute Gasteiger partial charge is 0.337 e. The molecule has 0 radical (unpaired) electrons. The largest absolute Gasteiger partial charge is 0.465 e. The Hall–Kier alpha value is -3.65. The average molecular weight is 482 g/mol. The molecule has 0 atom stereocenters. The number of halogens is 1. The van der Waals surface area contributed by atoms with E-state index in [9.17, 15) is 19.2 Å². The van der Waals surface area contributed by atoms with Gasteiger partial charge in [0.25, 0.3) is 17.7 Å². The molecule has 0 saturated heterocycles. The molecule has 0 spiro atoms. The summed E-state index contributed by atoms with van der Waals surface area (Å²) in [7, 11) is 1.24. The van der Waals surface area contributed by atoms with Crippen LogP contribution >= 0.6 is 11.6 Å². The van der Waals surface area contributed by atoms with Crippen molar-refractivity contribution >= 4 is 46.7 Å². The summed E-state index contributed by atoms with van der Waals surface area (Å²) in [6.45, 7) is 0. The number of esters is 1. The maximum absolute atomic E-state index is 13.1. The van der Waals surface area contributed by atoms with Crippen LogP contribution in [0.15, 0.2) is 59.3 Å². The summed E-state index contributed by atoms with van der Waals surface area (Å²) in [5, 5.41) is 5.65. The topological polar surface area (TPSA) is 105 Å². The minimum Gasteiger partial charge on any atom is -0.465 e. The van der Waals surface area contributed by atoms with Crippen LogP contribution in [0.5, 0.6) is 0 Å². The standard InChI is InChI=1S/C25H24ClN3O5/c1-34-25(33)16-8-6-12-19(14-16)29-23(31)20(26)21(24(29)32)27-18-11-5-7-15(13-18)22(30)28-17-9-3-2-4-10-17/h5-8,11-14,17,27H,2-4,9-10H2,1H3,(H,28,30). The van der Waals surface area contributed by atoms with Crippen LogP contribution in [0.25, 0.3) is 0 Å². The zero-order valence-electron chi connectivity index (χ0n) is 18.6. The molecule has 0 unspecified atom stereocenters. The summed E-state index contributed by atoms with van der Waals surface area (Å²) in [4.78, 5) is 51.2. The third kappa shape index (κ3) is 4.82. The number of hydrogen-bond donors (Lipinski definition) is 2. The maximum atomic E-state index is 13.1. The van der Waals surface area contributed by atoms with Crippen LogP contribution in [0, 0.1) is 0 Å². The molecule has 1 aliphatic heterocycles. The molecule has 2 aliphatic rings. The fraction of sp³-hybridized carbons (Fsp3) is 0.280. The Morgan fingerprint density at radius 2 is 1.68 bits per heavy atom. The van der Waals surface area contributed by atoms with E-state index in [1.54, 1.807) is 24.3 Å². The second kappa shape index (κ2) is 10.1. The first-order chi connectivity index (χ1) is 16.4. The van der Waals surface area contributed by atoms with Gasteiger partial charge in [-0.1, -0.05) is 43.0 Å². The predicted molar refractivity (Wildman–Crippen MR) is 128 cm³/mol. The Labute approximate surface area is 201 Å². The van der Waals surface area contributed by atoms with Crippen molar-refractivity contribution in [2.75, 3.05) is 17.3 Å². The number of nitrogens with one attached hydrogen (secondary N) is 2. The quantitative estimate of drug-likeness (QED) is 0.478. The van der Waals surface area contributed by atoms with Crippen molar-refractivity contribution in [3.8, 4) is 0 Å². The lowest BCUT2D eigenvalue weighted by molar-refractivity contribution is -0.120. The second-order valence-corrected chi connectivity index (χ2v) is 8.57. The normalized spacial score (nSPS) is 16.6. The van der Waals surface area contributed by atoms with Crippen molar-refractivity contribution in [3.05, 3.63) is 70.4 Å². The lowest BCUT2D eigenvalue weighted by Crippen LogP contribution is -2.36. The van der Waals surface area contributed by atoms with Gasteiger partial charge in [0.15, 0.2) is 0 Å². The maximum Gasteiger partial charge on any atom is 0.337 e. The average Bonchev–Trinajstić information content (AvgIpc) is 3.07. The number of nitrogens with zero attached hydrogens (tertiary/aromatic N) is 1. The number of hydrogen-bond acceptors (Lipinski definition) is 6. The van der Waals surface area contributed by atoms with E-state index in [4.69, 9.17) is 16.3 Å². The molecule has 4 rings (SSSR count). The third-order valence-corrected chi connectivity index (χ3v) is 6.24. The van der Waals surface area contributed by atoms with E-state index >= 15 is 0 Å². The van der Waals surface area contributed by atoms with Gasteiger partial charge in [-0.3, -0.25) is 14.4 Å². The van der Waals surface area contributed by atoms with Crippen molar-refractivity contribution in [3.63, 3.8) is 0 Å². The summed E-state index contributed by atoms with van der Waals surface area (Å²) in [6, 6.07) is 12.8. The Morgan fingerprint density at radius 3 is 2.41 bits per heavy atom. The Balaban J connectivity index is 1.51. The minimum absolute atomic E-state index is 0.111. The van der Waals surface area contributed by atoms with Crippen LogP contribution in [-0.4, -0.2) is 36.8 Å². The monoisotopic (exact) mass is 481 g/mol. The zero-order chi connectivity index (χ0) is 24.2. The van der Waals surface area contributed by atoms with Gasteiger partial charge in [0.1, 0.15) is 10.7 Å². The molecule has 176 valence electrons. The highest BCUT2D eigenvalue weighted by Gasteiger charge is 2.39. The molecule has 1 saturated carbocycles. The molecular weight excluding hydrogens is 458 g/mol. The number of rotatable bonds is 6. The van der Waals surface area contributed by atoms with Crippen LogP contribution in [-0.2, 0) is 14.3 Å². The molecular formula is C25H24ClN3O5. The molecule has 1 aliphatic carbocycles. The SMILES string of the molecule is COC(=O)c1cccc(N2C(=O)C(Cl)=C(Nc3cccc(C(=O)NC4CCCCC4)c3)C2=O)c1. The van der Waals surface area contributed by atoms with Crippen LogP contribution in [0.4, 0.5) is 11.4 Å². The number of amides is 3. The highest BCUT2D eigenvalue weighted by atomic mass is 35.5. The van der Waals surface area contributed by atoms with Crippen molar-refractivity contribution < 1.29 is 23.9 Å². The molecule has 2 aromatic carbocycles. The number of methoxy groups -OCH3 is 1. The summed E-state index contributed by atoms with van der Waals surface area (Å²) in [6.07, 6.45) is 5.34. The highest BCUT2D eigenvalue weighted by molar-refractivity contribution is 6.53. The predicted octanol–water partition coefficient (Wildman–Crippen LogP) is 3.97. The van der Waals surface area contributed by atoms with Crippen molar-refractivity contribution in [1.82, 2.24) is 5.32 Å². The first-order valence-corrected chi connectivity index (χ1v) is 11.4. The molecule has 1 fully saturated rings. The molecule has 8 nitrogen and oxygen atoms in total. The lowest BCUT2D eigenvalue weighted by Gasteiger charge is -2.22. The summed E-state index contributed by atoms with van der Waals surface area (Å²) in [5.41, 5.74) is 1.14. The third-order valence-electron chi connectivity index (χ3n) is 5.89. The van der Waals surface area contributed by atoms with Gasteiger partial charge in [0.05, 0.1) is 18.4 Å². The Morgan fingerprint density at radius 1 is 0.971 bits per heavy atom. The first kappa shape index (κ1) is 23.5. The number of anilines is 2. The van der Waals surface area contributed by atoms with Gasteiger partial charge in [0.2, 0.25) is 0 Å². The number of carbonyl (C=O) groups is 4. The van der Waals surface area contributed by atoms with Gasteiger partial charge < -0.3 is 15.4 Å². The summed E-state index contributed by atoms with van der Waals surface area (Å²) in [5.74, 6) is -2.18. The van der Waals surface area contributed by atoms with Gasteiger partial charge in [-0.2, -0.15) is 0 Å². The highest BCUT2D eigenvalue weighted by Crippen LogP contribution is 2.31. The number of benzene rings is 2. The number of carbonyl (C=O) groups excluding carboxylic acids is 4. The van der Waals surface area contributed by atoms with Crippen LogP contribution < -0.4 is 15.5 Å². The van der Waals surface area contributed by atoms with Gasteiger partial charge in [0, 0.05) is 17.3 Å². The van der Waals surface area contributed by atoms with Crippen LogP contribution in [0.1, 0.15) is 52.8 Å². The second-order valence-electron chi connectivity index (χ2n) is 8.19. The van der Waals surface area contributed by atoms with E-state index < -0.39 is 17.8 Å². The molecule has 0 aromatic heterocycles. The van der Waals surface area contributed by atoms with Crippen LogP contribution in [0.3, 0.4) is 0 Å². The van der Waals surface area contributed by atoms with Gasteiger partial charge in [-0.05, 0) is 49.2 Å². The van der Waals surface area contributed by atoms with Crippen molar-refractivity contribution in [2.24, 2.45) is 0 Å². The number of imide groups is 1. The van der Waals surface area contributed by atoms with Crippen LogP contribution in [0.2, 0.25) is 0 Å². The summed E-state index contributed by atoms with van der Waals surface area (Å²) < 4.78 is 4.70. The first-order valence-electron chi connectivity index (χ1n) is 11.0. The number of ether oxygens (including phenoxy) is 1. The molecule has 34 heavy (non-hydrogen) atoms. The Kier molecular flexibility index (Phi) is 6.98. The van der Waals surface area contributed by atoms with Gasteiger partial charge >= 0.3 is 5.97 Å². The van der Waals surface area contributed by atoms with E-state index in [0.717, 1.165) is 30.6 Å². The fourth-order valence-electron chi connectivity index (χ4n) is 4.13. The molecule has 2 aromatic rings. The van der Waals surface area contributed by atoms with Crippen molar-refractivity contribution in [1.29, 1.82) is 0 Å². The molecule has 3 amide bonds. The van der Waals surface area contributed by atoms with E-state index in [-0.39, 0.29) is 33.9 Å².